The molecule has 0 N–H and O–H groups in total. The fraction of sp³-hybridized carbons (Fsp3) is 0.400. The summed E-state index contributed by atoms with van der Waals surface area (Å²) < 4.78 is 0. The first kappa shape index (κ1) is 73.2. The molecule has 0 heterocycles. The summed E-state index contributed by atoms with van der Waals surface area (Å²) in [7, 11) is 7.00. The van der Waals surface area contributed by atoms with Crippen LogP contribution in [0.15, 0.2) is 178 Å². The molecule has 0 fully saturated rings. The van der Waals surface area contributed by atoms with E-state index in [0.717, 1.165) is 0 Å². The normalized spacial score (nSPS) is 12.4. The monoisotopic (exact) mass is 1500 g/mol. The van der Waals surface area contributed by atoms with Gasteiger partial charge in [-0.25, -0.2) is 0 Å². The van der Waals surface area contributed by atoms with Crippen molar-refractivity contribution < 1.29 is 0 Å². The molecule has 0 saturated carbocycles. The van der Waals surface area contributed by atoms with Crippen molar-refractivity contribution >= 4 is 42.9 Å². The van der Waals surface area contributed by atoms with E-state index in [-0.39, 0.29) is 0 Å². The Morgan fingerprint density at radius 1 is 0.170 bits per heavy atom. The van der Waals surface area contributed by atoms with Gasteiger partial charge < -0.3 is 0 Å². The van der Waals surface area contributed by atoms with Gasteiger partial charge in [-0.2, -0.15) is 0 Å². The Balaban J connectivity index is 1.55. The van der Waals surface area contributed by atoms with Gasteiger partial charge in [0.05, 0.1) is 0 Å². The standard InChI is InChI=1S/3C30H38S.Bi/c3*1-18(2)22-12-9-13-23(19(3)4)28(22)26-16-11-17-27(30(26)31)29-24(20(5)6)14-10-15-25(29)21(7)8;/h3*9-21,31H,1-8H3;/q;;;+3/p-3. The molecule has 9 rings (SSSR count). The zero-order chi connectivity index (χ0) is 68.3. The van der Waals surface area contributed by atoms with E-state index in [1.807, 2.05) is 0 Å². The van der Waals surface area contributed by atoms with Crippen LogP contribution >= 0.6 is 25.6 Å². The summed E-state index contributed by atoms with van der Waals surface area (Å²) in [6, 6.07) is 65.8. The number of rotatable bonds is 24. The van der Waals surface area contributed by atoms with Gasteiger partial charge in [-0.3, -0.25) is 0 Å². The van der Waals surface area contributed by atoms with Crippen LogP contribution in [0.2, 0.25) is 0 Å². The van der Waals surface area contributed by atoms with Gasteiger partial charge in [-0.05, 0) is 0 Å². The van der Waals surface area contributed by atoms with Crippen LogP contribution in [-0.4, -0.2) is 17.4 Å². The molecule has 0 amide bonds. The van der Waals surface area contributed by atoms with E-state index in [4.69, 9.17) is 0 Å². The van der Waals surface area contributed by atoms with E-state index in [1.54, 1.807) is 0 Å². The van der Waals surface area contributed by atoms with Crippen molar-refractivity contribution in [3.8, 4) is 66.8 Å². The van der Waals surface area contributed by atoms with E-state index in [9.17, 15) is 0 Å². The average molecular weight is 1500 g/mol. The number of benzene rings is 9. The predicted octanol–water partition coefficient (Wildman–Crippen LogP) is 29.8. The van der Waals surface area contributed by atoms with Gasteiger partial charge in [0.15, 0.2) is 0 Å². The molecule has 9 aromatic carbocycles. The molecule has 9 aromatic rings. The molecule has 0 saturated heterocycles. The van der Waals surface area contributed by atoms with E-state index < -0.39 is 17.4 Å². The van der Waals surface area contributed by atoms with E-state index >= 15 is 0 Å². The van der Waals surface area contributed by atoms with Gasteiger partial charge in [0.25, 0.3) is 0 Å². The molecule has 94 heavy (non-hydrogen) atoms. The Labute approximate surface area is 587 Å². The summed E-state index contributed by atoms with van der Waals surface area (Å²) in [6.07, 6.45) is 0. The minimum atomic E-state index is -3.67. The Morgan fingerprint density at radius 3 is 0.383 bits per heavy atom. The Morgan fingerprint density at radius 2 is 0.277 bits per heavy atom. The zero-order valence-electron chi connectivity index (χ0n) is 61.7. The van der Waals surface area contributed by atoms with Gasteiger partial charge in [0.1, 0.15) is 0 Å². The average Bonchev–Trinajstić information content (AvgIpc) is 0.767. The van der Waals surface area contributed by atoms with E-state index in [2.05, 4.69) is 356 Å². The van der Waals surface area contributed by atoms with Gasteiger partial charge in [0.2, 0.25) is 0 Å². The van der Waals surface area contributed by atoms with Crippen LogP contribution in [0, 0.1) is 0 Å². The van der Waals surface area contributed by atoms with Crippen LogP contribution < -0.4 is 0 Å². The molecule has 0 nitrogen and oxygen atoms in total. The third kappa shape index (κ3) is 15.3. The predicted molar refractivity (Wildman–Crippen MR) is 424 cm³/mol. The third-order valence-electron chi connectivity index (χ3n) is 19.4. The molecule has 0 aromatic heterocycles. The number of hydrogen-bond donors (Lipinski definition) is 0. The third-order valence-corrected chi connectivity index (χ3v) is 45.1. The van der Waals surface area contributed by atoms with Gasteiger partial charge >= 0.3 is 592 Å². The second-order valence-electron chi connectivity index (χ2n) is 30.3. The van der Waals surface area contributed by atoms with Gasteiger partial charge in [-0.15, -0.1) is 0 Å². The summed E-state index contributed by atoms with van der Waals surface area (Å²) in [6.45, 7) is 57.9. The van der Waals surface area contributed by atoms with Crippen molar-refractivity contribution in [3.63, 3.8) is 0 Å². The minimum absolute atomic E-state index is 0.315. The molecule has 0 atom stereocenters. The molecular weight excluding hydrogens is 1390 g/mol. The van der Waals surface area contributed by atoms with E-state index in [1.165, 1.54) is 148 Å². The molecule has 0 bridgehead atoms. The van der Waals surface area contributed by atoms with Crippen LogP contribution in [0.25, 0.3) is 66.8 Å². The second-order valence-corrected chi connectivity index (χ2v) is 55.9. The molecule has 0 aliphatic rings. The first-order valence-corrected chi connectivity index (χ1v) is 50.8. The molecule has 0 spiro atoms. The molecular formula is C90H111BiS3. The maximum atomic E-state index is 2.53. The Kier molecular flexibility index (Phi) is 24.6. The fourth-order valence-corrected chi connectivity index (χ4v) is 44.8. The fourth-order valence-electron chi connectivity index (χ4n) is 14.5. The molecule has 0 unspecified atom stereocenters. The quantitative estimate of drug-likeness (QED) is 0.0554. The van der Waals surface area contributed by atoms with Crippen molar-refractivity contribution in [2.24, 2.45) is 0 Å². The van der Waals surface area contributed by atoms with Crippen molar-refractivity contribution in [3.05, 3.63) is 231 Å². The van der Waals surface area contributed by atoms with Crippen molar-refractivity contribution in [2.75, 3.05) is 0 Å². The van der Waals surface area contributed by atoms with E-state index in [0.29, 0.717) is 71.0 Å². The summed E-state index contributed by atoms with van der Waals surface area (Å²) in [5.41, 5.74) is 33.9. The van der Waals surface area contributed by atoms with Crippen LogP contribution in [-0.2, 0) is 0 Å². The molecule has 0 aliphatic heterocycles. The summed E-state index contributed by atoms with van der Waals surface area (Å²) >= 11 is -3.67. The van der Waals surface area contributed by atoms with Crippen molar-refractivity contribution in [1.82, 2.24) is 0 Å². The van der Waals surface area contributed by atoms with Crippen molar-refractivity contribution in [2.45, 2.75) is 252 Å². The van der Waals surface area contributed by atoms with Gasteiger partial charge in [0, 0.05) is 0 Å². The maximum absolute atomic E-state index is 3.67. The topological polar surface area (TPSA) is 0 Å². The van der Waals surface area contributed by atoms with Crippen LogP contribution in [0.4, 0.5) is 0 Å². The first-order chi connectivity index (χ1) is 44.7. The first-order valence-electron chi connectivity index (χ1n) is 35.7. The summed E-state index contributed by atoms with van der Waals surface area (Å²) in [5, 5.41) is 0. The molecule has 0 aliphatic carbocycles. The van der Waals surface area contributed by atoms with Crippen LogP contribution in [0.5, 0.6) is 0 Å². The Bertz CT molecular complexity index is 3280. The van der Waals surface area contributed by atoms with Crippen molar-refractivity contribution in [1.29, 1.82) is 0 Å². The van der Waals surface area contributed by atoms with Crippen LogP contribution in [0.3, 0.4) is 0 Å². The van der Waals surface area contributed by atoms with Crippen LogP contribution in [0.1, 0.15) is 304 Å². The second kappa shape index (κ2) is 31.6. The summed E-state index contributed by atoms with van der Waals surface area (Å²) in [5.74, 6) is 3.78. The SMILES string of the molecule is CC(C)c1cccc(C(C)C)c1-c1cccc(-c2c(C(C)C)cccc2C(C)C)c1[S][Bi]([S]c1c(-c2c(C(C)C)cccc2C(C)C)cccc1-c1c(C(C)C)cccc1C(C)C)[S]c1c(-c2c(C(C)C)cccc2C(C)C)cccc1-c1c(C(C)C)cccc1C(C)C. The molecule has 4 heteroatoms. The zero-order valence-corrected chi connectivity index (χ0v) is 67.6. The van der Waals surface area contributed by atoms with Gasteiger partial charge in [-0.1, -0.05) is 0 Å². The molecule has 494 valence electrons. The Hall–Kier alpha value is -5.09. The molecule has 0 radical (unpaired) electrons. The summed E-state index contributed by atoms with van der Waals surface area (Å²) in [4.78, 5) is 4.32. The number of hydrogen-bond acceptors (Lipinski definition) is 3.